The van der Waals surface area contributed by atoms with E-state index >= 15 is 0 Å². The molecule has 2 aliphatic rings. The standard InChI is InChI=1S/C24H30N4O3/c1-17-4-8-19(9-5-17)27-24-26-15-22(18-6-10-20(11-7-18)30-14-12-25)23(28-24)31-21-3-2-13-29-16-21/h6-7,10-11,15,17,19,21H,2-5,8-9,13-14,16H2,1H3,(H,26,27,28). The zero-order chi connectivity index (χ0) is 21.5. The van der Waals surface area contributed by atoms with Crippen molar-refractivity contribution in [3.05, 3.63) is 30.5 Å². The van der Waals surface area contributed by atoms with Crippen LogP contribution in [0.25, 0.3) is 11.1 Å². The van der Waals surface area contributed by atoms with Crippen molar-refractivity contribution in [2.45, 2.75) is 57.6 Å². The van der Waals surface area contributed by atoms with Gasteiger partial charge in [-0.1, -0.05) is 19.1 Å². The number of hydrogen-bond donors (Lipinski definition) is 1. The molecule has 7 nitrogen and oxygen atoms in total. The van der Waals surface area contributed by atoms with Crippen LogP contribution in [-0.4, -0.2) is 41.9 Å². The molecule has 2 heterocycles. The Bertz CT molecular complexity index is 883. The molecule has 1 saturated heterocycles. The minimum Gasteiger partial charge on any atom is -0.479 e. The van der Waals surface area contributed by atoms with Gasteiger partial charge in [0.2, 0.25) is 11.8 Å². The van der Waals surface area contributed by atoms with Crippen molar-refractivity contribution in [3.8, 4) is 28.8 Å². The zero-order valence-electron chi connectivity index (χ0n) is 18.0. The fraction of sp³-hybridized carbons (Fsp3) is 0.542. The second-order valence-corrected chi connectivity index (χ2v) is 8.44. The van der Waals surface area contributed by atoms with Crippen molar-refractivity contribution in [1.82, 2.24) is 9.97 Å². The fourth-order valence-electron chi connectivity index (χ4n) is 4.12. The first kappa shape index (κ1) is 21.4. The van der Waals surface area contributed by atoms with Crippen LogP contribution in [0.15, 0.2) is 30.5 Å². The van der Waals surface area contributed by atoms with E-state index in [0.29, 0.717) is 30.2 Å². The van der Waals surface area contributed by atoms with Gasteiger partial charge in [-0.2, -0.15) is 10.2 Å². The van der Waals surface area contributed by atoms with Gasteiger partial charge in [0.05, 0.1) is 12.2 Å². The number of aromatic nitrogens is 2. The van der Waals surface area contributed by atoms with Crippen LogP contribution in [0.1, 0.15) is 45.4 Å². The van der Waals surface area contributed by atoms with Crippen LogP contribution >= 0.6 is 0 Å². The molecule has 2 aromatic rings. The van der Waals surface area contributed by atoms with Crippen molar-refractivity contribution in [1.29, 1.82) is 5.26 Å². The Morgan fingerprint density at radius 1 is 1.16 bits per heavy atom. The minimum atomic E-state index is -0.0102. The third-order valence-electron chi connectivity index (χ3n) is 5.97. The summed E-state index contributed by atoms with van der Waals surface area (Å²) in [6.45, 7) is 3.70. The van der Waals surface area contributed by atoms with Crippen molar-refractivity contribution >= 4 is 5.95 Å². The van der Waals surface area contributed by atoms with Gasteiger partial charge in [-0.3, -0.25) is 0 Å². The SMILES string of the molecule is CC1CCC(Nc2ncc(-c3ccc(OCC#N)cc3)c(OC3CCCOC3)n2)CC1. The van der Waals surface area contributed by atoms with Gasteiger partial charge in [0.25, 0.3) is 0 Å². The van der Waals surface area contributed by atoms with Gasteiger partial charge in [-0.15, -0.1) is 0 Å². The average molecular weight is 423 g/mol. The van der Waals surface area contributed by atoms with Crippen LogP contribution in [0, 0.1) is 17.2 Å². The van der Waals surface area contributed by atoms with Gasteiger partial charge in [0.15, 0.2) is 6.61 Å². The summed E-state index contributed by atoms with van der Waals surface area (Å²) < 4.78 is 17.2. The summed E-state index contributed by atoms with van der Waals surface area (Å²) in [5.74, 6) is 2.64. The average Bonchev–Trinajstić information content (AvgIpc) is 2.81. The number of ether oxygens (including phenoxy) is 3. The van der Waals surface area contributed by atoms with Crippen LogP contribution in [0.5, 0.6) is 11.6 Å². The summed E-state index contributed by atoms with van der Waals surface area (Å²) in [6, 6.07) is 9.94. The Kier molecular flexibility index (Phi) is 7.21. The molecule has 0 bridgehead atoms. The van der Waals surface area contributed by atoms with E-state index in [1.54, 1.807) is 0 Å². The van der Waals surface area contributed by atoms with E-state index in [0.717, 1.165) is 49.3 Å². The van der Waals surface area contributed by atoms with Crippen molar-refractivity contribution < 1.29 is 14.2 Å². The molecule has 0 radical (unpaired) electrons. The second kappa shape index (κ2) is 10.5. The minimum absolute atomic E-state index is 0.0102. The molecular formula is C24H30N4O3. The van der Waals surface area contributed by atoms with Gasteiger partial charge >= 0.3 is 0 Å². The highest BCUT2D eigenvalue weighted by molar-refractivity contribution is 5.69. The van der Waals surface area contributed by atoms with Crippen molar-refractivity contribution in [2.75, 3.05) is 25.1 Å². The Balaban J connectivity index is 1.55. The van der Waals surface area contributed by atoms with Crippen LogP contribution in [0.4, 0.5) is 5.95 Å². The highest BCUT2D eigenvalue weighted by Crippen LogP contribution is 2.32. The summed E-state index contributed by atoms with van der Waals surface area (Å²) in [7, 11) is 0. The molecule has 1 N–H and O–H groups in total. The molecule has 4 rings (SSSR count). The lowest BCUT2D eigenvalue weighted by Gasteiger charge is -2.27. The lowest BCUT2D eigenvalue weighted by Crippen LogP contribution is -2.29. The first-order valence-electron chi connectivity index (χ1n) is 11.2. The first-order valence-corrected chi connectivity index (χ1v) is 11.2. The number of hydrogen-bond acceptors (Lipinski definition) is 7. The van der Waals surface area contributed by atoms with E-state index in [9.17, 15) is 0 Å². The highest BCUT2D eigenvalue weighted by atomic mass is 16.5. The number of nitrogens with zero attached hydrogens (tertiary/aromatic N) is 3. The predicted octanol–water partition coefficient (Wildman–Crippen LogP) is 4.59. The first-order chi connectivity index (χ1) is 15.2. The Hall–Kier alpha value is -2.85. The van der Waals surface area contributed by atoms with Crippen molar-refractivity contribution in [2.24, 2.45) is 5.92 Å². The molecule has 1 aromatic carbocycles. The summed E-state index contributed by atoms with van der Waals surface area (Å²) in [5.41, 5.74) is 1.77. The lowest BCUT2D eigenvalue weighted by molar-refractivity contribution is 0.00578. The monoisotopic (exact) mass is 422 g/mol. The second-order valence-electron chi connectivity index (χ2n) is 8.44. The Morgan fingerprint density at radius 2 is 1.97 bits per heavy atom. The number of benzene rings is 1. The molecule has 0 spiro atoms. The molecule has 0 amide bonds. The maximum Gasteiger partial charge on any atom is 0.226 e. The van der Waals surface area contributed by atoms with Crippen LogP contribution in [-0.2, 0) is 4.74 Å². The van der Waals surface area contributed by atoms with E-state index in [1.165, 1.54) is 12.8 Å². The van der Waals surface area contributed by atoms with Gasteiger partial charge in [0, 0.05) is 18.8 Å². The molecule has 1 aromatic heterocycles. The third-order valence-corrected chi connectivity index (χ3v) is 5.97. The molecule has 1 unspecified atom stereocenters. The van der Waals surface area contributed by atoms with Gasteiger partial charge in [-0.25, -0.2) is 4.98 Å². The number of anilines is 1. The number of nitrogens with one attached hydrogen (secondary N) is 1. The molecular weight excluding hydrogens is 392 g/mol. The largest absolute Gasteiger partial charge is 0.479 e. The van der Waals surface area contributed by atoms with Gasteiger partial charge < -0.3 is 19.5 Å². The Morgan fingerprint density at radius 3 is 2.68 bits per heavy atom. The van der Waals surface area contributed by atoms with Crippen LogP contribution < -0.4 is 14.8 Å². The van der Waals surface area contributed by atoms with E-state index in [2.05, 4.69) is 17.2 Å². The van der Waals surface area contributed by atoms with Gasteiger partial charge in [0.1, 0.15) is 17.9 Å². The molecule has 1 atom stereocenters. The summed E-state index contributed by atoms with van der Waals surface area (Å²) in [5, 5.41) is 12.2. The highest BCUT2D eigenvalue weighted by Gasteiger charge is 2.22. The molecule has 2 fully saturated rings. The van der Waals surface area contributed by atoms with E-state index in [-0.39, 0.29) is 12.7 Å². The molecule has 1 aliphatic carbocycles. The molecule has 1 aliphatic heterocycles. The van der Waals surface area contributed by atoms with E-state index in [4.69, 9.17) is 24.5 Å². The van der Waals surface area contributed by atoms with E-state index < -0.39 is 0 Å². The van der Waals surface area contributed by atoms with Crippen LogP contribution in [0.3, 0.4) is 0 Å². The zero-order valence-corrected chi connectivity index (χ0v) is 18.0. The fourth-order valence-corrected chi connectivity index (χ4v) is 4.12. The molecule has 164 valence electrons. The Labute approximate surface area is 183 Å². The summed E-state index contributed by atoms with van der Waals surface area (Å²) in [6.07, 6.45) is 8.51. The third kappa shape index (κ3) is 5.86. The normalized spacial score (nSPS) is 23.5. The lowest BCUT2D eigenvalue weighted by atomic mass is 9.87. The quantitative estimate of drug-likeness (QED) is 0.698. The molecule has 1 saturated carbocycles. The number of rotatable bonds is 7. The number of nitriles is 1. The molecule has 7 heteroatoms. The summed E-state index contributed by atoms with van der Waals surface area (Å²) in [4.78, 5) is 9.34. The predicted molar refractivity (Wildman–Crippen MR) is 118 cm³/mol. The van der Waals surface area contributed by atoms with Crippen LogP contribution in [0.2, 0.25) is 0 Å². The molecule has 31 heavy (non-hydrogen) atoms. The smallest absolute Gasteiger partial charge is 0.226 e. The van der Waals surface area contributed by atoms with Crippen molar-refractivity contribution in [3.63, 3.8) is 0 Å². The maximum absolute atomic E-state index is 8.68. The summed E-state index contributed by atoms with van der Waals surface area (Å²) >= 11 is 0. The van der Waals surface area contributed by atoms with Gasteiger partial charge in [-0.05, 0) is 62.1 Å². The topological polar surface area (TPSA) is 89.3 Å². The van der Waals surface area contributed by atoms with E-state index in [1.807, 2.05) is 36.5 Å². The maximum atomic E-state index is 8.68.